The van der Waals surface area contributed by atoms with Crippen LogP contribution >= 0.6 is 15.9 Å². The van der Waals surface area contributed by atoms with Crippen LogP contribution in [0.15, 0.2) is 28.9 Å². The summed E-state index contributed by atoms with van der Waals surface area (Å²) in [7, 11) is 0. The summed E-state index contributed by atoms with van der Waals surface area (Å²) in [6, 6.07) is 6.08. The highest BCUT2D eigenvalue weighted by Gasteiger charge is 2.19. The van der Waals surface area contributed by atoms with Gasteiger partial charge in [-0.15, -0.1) is 0 Å². The van der Waals surface area contributed by atoms with E-state index in [9.17, 15) is 5.11 Å². The predicted molar refractivity (Wildman–Crippen MR) is 76.5 cm³/mol. The minimum Gasteiger partial charge on any atom is -0.494 e. The van der Waals surface area contributed by atoms with Gasteiger partial charge in [-0.25, -0.2) is 0 Å². The first kappa shape index (κ1) is 11.8. The van der Waals surface area contributed by atoms with Gasteiger partial charge in [0.15, 0.2) is 5.88 Å². The van der Waals surface area contributed by atoms with E-state index in [2.05, 4.69) is 29.1 Å². The molecule has 0 spiro atoms. The Balaban J connectivity index is 2.17. The summed E-state index contributed by atoms with van der Waals surface area (Å²) in [5.41, 5.74) is 4.65. The summed E-state index contributed by atoms with van der Waals surface area (Å²) in [5.74, 6) is 0.422. The predicted octanol–water partition coefficient (Wildman–Crippen LogP) is 4.13. The van der Waals surface area contributed by atoms with Gasteiger partial charge in [-0.2, -0.15) is 0 Å². The van der Waals surface area contributed by atoms with Gasteiger partial charge < -0.3 is 5.11 Å². The lowest BCUT2D eigenvalue weighted by Gasteiger charge is -2.11. The third-order valence-electron chi connectivity index (χ3n) is 3.79. The van der Waals surface area contributed by atoms with Crippen molar-refractivity contribution in [2.24, 2.45) is 0 Å². The van der Waals surface area contributed by atoms with E-state index in [-0.39, 0.29) is 0 Å². The van der Waals surface area contributed by atoms with E-state index in [1.54, 1.807) is 0 Å². The van der Waals surface area contributed by atoms with Crippen molar-refractivity contribution in [1.29, 1.82) is 0 Å². The zero-order valence-electron chi connectivity index (χ0n) is 10.4. The molecule has 0 saturated carbocycles. The van der Waals surface area contributed by atoms with Gasteiger partial charge in [0.1, 0.15) is 0 Å². The Labute approximate surface area is 115 Å². The lowest BCUT2D eigenvalue weighted by Crippen LogP contribution is -1.98. The number of hydrogen-bond donors (Lipinski definition) is 1. The second-order valence-corrected chi connectivity index (χ2v) is 5.77. The quantitative estimate of drug-likeness (QED) is 0.842. The number of halogens is 1. The maximum absolute atomic E-state index is 10.4. The lowest BCUT2D eigenvalue weighted by atomic mass is 9.96. The van der Waals surface area contributed by atoms with Crippen molar-refractivity contribution in [1.82, 2.24) is 4.57 Å². The van der Waals surface area contributed by atoms with Crippen molar-refractivity contribution in [3.05, 3.63) is 45.6 Å². The van der Waals surface area contributed by atoms with Crippen molar-refractivity contribution in [2.75, 3.05) is 0 Å². The zero-order valence-corrected chi connectivity index (χ0v) is 12.0. The van der Waals surface area contributed by atoms with Crippen molar-refractivity contribution in [2.45, 2.75) is 32.6 Å². The Morgan fingerprint density at radius 1 is 1.22 bits per heavy atom. The van der Waals surface area contributed by atoms with E-state index >= 15 is 0 Å². The fourth-order valence-electron chi connectivity index (χ4n) is 2.73. The molecule has 1 aliphatic rings. The Bertz CT molecular complexity index is 601. The molecule has 0 saturated heterocycles. The standard InChI is InChI=1S/C15H16BrNO/c1-10-13(16)7-4-8-14(10)17-9-11-5-2-3-6-12(11)15(17)18/h4,7-9,18H,2-3,5-6H2,1H3. The van der Waals surface area contributed by atoms with Gasteiger partial charge >= 0.3 is 0 Å². The molecule has 0 unspecified atom stereocenters. The Kier molecular flexibility index (Phi) is 2.94. The van der Waals surface area contributed by atoms with Crippen LogP contribution in [0.5, 0.6) is 5.88 Å². The number of hydrogen-bond acceptors (Lipinski definition) is 1. The van der Waals surface area contributed by atoms with Gasteiger partial charge in [0.05, 0.1) is 5.69 Å². The molecular formula is C15H16BrNO. The van der Waals surface area contributed by atoms with E-state index < -0.39 is 0 Å². The summed E-state index contributed by atoms with van der Waals surface area (Å²) in [6.45, 7) is 2.07. The third kappa shape index (κ3) is 1.77. The van der Waals surface area contributed by atoms with Gasteiger partial charge in [0.25, 0.3) is 0 Å². The minimum atomic E-state index is 0.422. The highest BCUT2D eigenvalue weighted by Crippen LogP contribution is 2.34. The van der Waals surface area contributed by atoms with Crippen LogP contribution in [-0.2, 0) is 12.8 Å². The molecule has 1 N–H and O–H groups in total. The number of nitrogens with zero attached hydrogens (tertiary/aromatic N) is 1. The summed E-state index contributed by atoms with van der Waals surface area (Å²) >= 11 is 3.54. The Hall–Kier alpha value is -1.22. The molecule has 3 rings (SSSR count). The first-order chi connectivity index (χ1) is 8.68. The molecule has 1 aromatic heterocycles. The van der Waals surface area contributed by atoms with Crippen molar-refractivity contribution in [3.63, 3.8) is 0 Å². The molecule has 0 atom stereocenters. The molecule has 0 radical (unpaired) electrons. The fourth-order valence-corrected chi connectivity index (χ4v) is 3.09. The molecular weight excluding hydrogens is 290 g/mol. The molecule has 0 aliphatic heterocycles. The van der Waals surface area contributed by atoms with E-state index in [4.69, 9.17) is 0 Å². The van der Waals surface area contributed by atoms with Gasteiger partial charge in [0.2, 0.25) is 0 Å². The molecule has 2 aromatic rings. The van der Waals surface area contributed by atoms with Crippen LogP contribution in [0.2, 0.25) is 0 Å². The molecule has 0 bridgehead atoms. The molecule has 1 aromatic carbocycles. The normalized spacial score (nSPS) is 14.6. The number of aryl methyl sites for hydroxylation is 1. The second-order valence-electron chi connectivity index (χ2n) is 4.92. The molecule has 0 amide bonds. The average molecular weight is 306 g/mol. The molecule has 1 heterocycles. The van der Waals surface area contributed by atoms with Gasteiger partial charge in [-0.1, -0.05) is 22.0 Å². The monoisotopic (exact) mass is 305 g/mol. The maximum Gasteiger partial charge on any atom is 0.199 e. The SMILES string of the molecule is Cc1c(Br)cccc1-n1cc2c(c1O)CCCC2. The number of fused-ring (bicyclic) bond motifs is 1. The second kappa shape index (κ2) is 4.47. The van der Waals surface area contributed by atoms with Crippen LogP contribution in [0, 0.1) is 6.92 Å². The van der Waals surface area contributed by atoms with Crippen molar-refractivity contribution < 1.29 is 5.11 Å². The summed E-state index contributed by atoms with van der Waals surface area (Å²) < 4.78 is 3.00. The molecule has 94 valence electrons. The smallest absolute Gasteiger partial charge is 0.199 e. The average Bonchev–Trinajstić information content (AvgIpc) is 2.71. The molecule has 1 aliphatic carbocycles. The van der Waals surface area contributed by atoms with Gasteiger partial charge in [0, 0.05) is 16.2 Å². The van der Waals surface area contributed by atoms with Crippen LogP contribution in [0.3, 0.4) is 0 Å². The minimum absolute atomic E-state index is 0.422. The van der Waals surface area contributed by atoms with E-state index in [0.717, 1.165) is 34.1 Å². The highest BCUT2D eigenvalue weighted by atomic mass is 79.9. The van der Waals surface area contributed by atoms with Crippen molar-refractivity contribution in [3.8, 4) is 11.6 Å². The Morgan fingerprint density at radius 3 is 2.78 bits per heavy atom. The molecule has 0 fully saturated rings. The topological polar surface area (TPSA) is 25.2 Å². The van der Waals surface area contributed by atoms with E-state index in [1.807, 2.05) is 22.8 Å². The molecule has 2 nitrogen and oxygen atoms in total. The summed E-state index contributed by atoms with van der Waals surface area (Å²) in [5, 5.41) is 10.4. The number of benzene rings is 1. The fraction of sp³-hybridized carbons (Fsp3) is 0.333. The number of aromatic nitrogens is 1. The van der Waals surface area contributed by atoms with E-state index in [1.165, 1.54) is 18.4 Å². The van der Waals surface area contributed by atoms with Crippen LogP contribution in [0.25, 0.3) is 5.69 Å². The third-order valence-corrected chi connectivity index (χ3v) is 4.65. The summed E-state index contributed by atoms with van der Waals surface area (Å²) in [6.07, 6.45) is 6.60. The van der Waals surface area contributed by atoms with Crippen LogP contribution in [-0.4, -0.2) is 9.67 Å². The number of aromatic hydroxyl groups is 1. The van der Waals surface area contributed by atoms with Crippen LogP contribution < -0.4 is 0 Å². The molecule has 3 heteroatoms. The first-order valence-electron chi connectivity index (χ1n) is 6.36. The number of rotatable bonds is 1. The van der Waals surface area contributed by atoms with Crippen molar-refractivity contribution >= 4 is 15.9 Å². The van der Waals surface area contributed by atoms with E-state index in [0.29, 0.717) is 5.88 Å². The maximum atomic E-state index is 10.4. The highest BCUT2D eigenvalue weighted by molar-refractivity contribution is 9.10. The lowest BCUT2D eigenvalue weighted by molar-refractivity contribution is 0.433. The molecule has 18 heavy (non-hydrogen) atoms. The van der Waals surface area contributed by atoms with Gasteiger partial charge in [-0.05, 0) is 55.9 Å². The van der Waals surface area contributed by atoms with Crippen LogP contribution in [0.4, 0.5) is 0 Å². The largest absolute Gasteiger partial charge is 0.494 e. The van der Waals surface area contributed by atoms with Crippen LogP contribution in [0.1, 0.15) is 29.5 Å². The zero-order chi connectivity index (χ0) is 12.7. The van der Waals surface area contributed by atoms with Gasteiger partial charge in [-0.3, -0.25) is 4.57 Å². The first-order valence-corrected chi connectivity index (χ1v) is 7.15. The Morgan fingerprint density at radius 2 is 2.00 bits per heavy atom. The summed E-state index contributed by atoms with van der Waals surface area (Å²) in [4.78, 5) is 0.